The number of benzene rings is 3. The summed E-state index contributed by atoms with van der Waals surface area (Å²) in [6, 6.07) is 21.8. The highest BCUT2D eigenvalue weighted by molar-refractivity contribution is 6.05. The van der Waals surface area contributed by atoms with E-state index in [1.807, 2.05) is 67.6 Å². The molecule has 1 unspecified atom stereocenters. The molecular weight excluding hydrogens is 367 g/mol. The molecule has 0 spiro atoms. The van der Waals surface area contributed by atoms with Crippen LogP contribution in [-0.2, 0) is 11.3 Å². The van der Waals surface area contributed by atoms with Crippen LogP contribution in [0, 0.1) is 5.82 Å². The van der Waals surface area contributed by atoms with Crippen LogP contribution in [0.1, 0.15) is 46.1 Å². The Balaban J connectivity index is 1.67. The van der Waals surface area contributed by atoms with Crippen LogP contribution in [0.3, 0.4) is 0 Å². The van der Waals surface area contributed by atoms with Crippen molar-refractivity contribution in [3.63, 3.8) is 0 Å². The van der Waals surface area contributed by atoms with E-state index in [0.717, 1.165) is 11.1 Å². The highest BCUT2D eigenvalue weighted by Crippen LogP contribution is 2.40. The van der Waals surface area contributed by atoms with Gasteiger partial charge in [-0.05, 0) is 41.8 Å². The zero-order valence-electron chi connectivity index (χ0n) is 16.0. The minimum absolute atomic E-state index is 0.267. The maximum Gasteiger partial charge on any atom is 0.255 e. The van der Waals surface area contributed by atoms with Crippen molar-refractivity contribution in [2.75, 3.05) is 0 Å². The van der Waals surface area contributed by atoms with E-state index in [1.54, 1.807) is 4.90 Å². The number of fused-ring (bicyclic) bond motifs is 1. The molecule has 3 aromatic carbocycles. The van der Waals surface area contributed by atoms with E-state index in [2.05, 4.69) is 5.32 Å². The normalized spacial score (nSPS) is 16.4. The summed E-state index contributed by atoms with van der Waals surface area (Å²) in [6.45, 7) is 2.22. The van der Waals surface area contributed by atoms with Crippen molar-refractivity contribution in [2.45, 2.75) is 25.6 Å². The molecule has 1 aliphatic rings. The Labute approximate surface area is 169 Å². The number of rotatable bonds is 5. The molecular formula is C24H21FN2O2. The first-order chi connectivity index (χ1) is 14.1. The zero-order valence-corrected chi connectivity index (χ0v) is 16.0. The largest absolute Gasteiger partial charge is 0.350 e. The maximum atomic E-state index is 14.0. The van der Waals surface area contributed by atoms with Gasteiger partial charge in [0.1, 0.15) is 11.9 Å². The number of nitrogens with zero attached hydrogens (tertiary/aromatic N) is 1. The lowest BCUT2D eigenvalue weighted by Gasteiger charge is -2.31. The number of carbonyl (C=O) groups is 2. The molecule has 0 saturated heterocycles. The standard InChI is InChI=1S/C24H21FN2O2/c1-16(18-10-6-3-7-11-18)27-22(21-14-19(25)12-13-20(21)24(27)29)23(28)26-15-17-8-4-2-5-9-17/h2-14,16,22H,15H2,1H3,(H,26,28)/t16-,22?/m1/s1. The number of hydrogen-bond donors (Lipinski definition) is 1. The van der Waals surface area contributed by atoms with E-state index in [9.17, 15) is 14.0 Å². The molecule has 1 aliphatic heterocycles. The number of carbonyl (C=O) groups excluding carboxylic acids is 2. The van der Waals surface area contributed by atoms with E-state index in [4.69, 9.17) is 0 Å². The summed E-state index contributed by atoms with van der Waals surface area (Å²) in [6.07, 6.45) is 0. The van der Waals surface area contributed by atoms with Crippen LogP contribution in [0.2, 0.25) is 0 Å². The SMILES string of the molecule is C[C@H](c1ccccc1)N1C(=O)c2ccc(F)cc2C1C(=O)NCc1ccccc1. The van der Waals surface area contributed by atoms with Crippen LogP contribution in [-0.4, -0.2) is 16.7 Å². The first-order valence-corrected chi connectivity index (χ1v) is 9.55. The van der Waals surface area contributed by atoms with Gasteiger partial charge in [0.05, 0.1) is 6.04 Å². The molecule has 0 aliphatic carbocycles. The number of amides is 2. The Bertz CT molecular complexity index is 1040. The highest BCUT2D eigenvalue weighted by atomic mass is 19.1. The summed E-state index contributed by atoms with van der Waals surface area (Å²) in [7, 11) is 0. The second kappa shape index (κ2) is 7.87. The van der Waals surface area contributed by atoms with Gasteiger partial charge in [-0.3, -0.25) is 9.59 Å². The van der Waals surface area contributed by atoms with Gasteiger partial charge >= 0.3 is 0 Å². The van der Waals surface area contributed by atoms with Gasteiger partial charge in [-0.15, -0.1) is 0 Å². The van der Waals surface area contributed by atoms with Crippen molar-refractivity contribution in [2.24, 2.45) is 0 Å². The van der Waals surface area contributed by atoms with Gasteiger partial charge in [0, 0.05) is 12.1 Å². The van der Waals surface area contributed by atoms with Gasteiger partial charge in [-0.25, -0.2) is 4.39 Å². The molecule has 0 saturated carbocycles. The van der Waals surface area contributed by atoms with E-state index in [0.29, 0.717) is 17.7 Å². The van der Waals surface area contributed by atoms with Crippen LogP contribution in [0.5, 0.6) is 0 Å². The van der Waals surface area contributed by atoms with Crippen molar-refractivity contribution >= 4 is 11.8 Å². The molecule has 2 atom stereocenters. The average molecular weight is 388 g/mol. The Morgan fingerprint density at radius 3 is 2.38 bits per heavy atom. The lowest BCUT2D eigenvalue weighted by atomic mass is 10.0. The van der Waals surface area contributed by atoms with Crippen molar-refractivity contribution in [3.8, 4) is 0 Å². The van der Waals surface area contributed by atoms with Gasteiger partial charge < -0.3 is 10.2 Å². The fourth-order valence-electron chi connectivity index (χ4n) is 3.80. The zero-order chi connectivity index (χ0) is 20.4. The third kappa shape index (κ3) is 3.63. The molecule has 0 fully saturated rings. The molecule has 1 N–H and O–H groups in total. The van der Waals surface area contributed by atoms with Crippen molar-refractivity contribution in [3.05, 3.63) is 107 Å². The molecule has 0 radical (unpaired) electrons. The Kier molecular flexibility index (Phi) is 5.12. The molecule has 5 heteroatoms. The van der Waals surface area contributed by atoms with Gasteiger partial charge in [-0.2, -0.15) is 0 Å². The second-order valence-electron chi connectivity index (χ2n) is 7.14. The molecule has 4 rings (SSSR count). The Morgan fingerprint density at radius 1 is 1.03 bits per heavy atom. The van der Waals surface area contributed by atoms with Gasteiger partial charge in [0.25, 0.3) is 5.91 Å². The van der Waals surface area contributed by atoms with Crippen LogP contribution >= 0.6 is 0 Å². The van der Waals surface area contributed by atoms with Crippen LogP contribution in [0.15, 0.2) is 78.9 Å². The van der Waals surface area contributed by atoms with Gasteiger partial charge in [0.2, 0.25) is 5.91 Å². The van der Waals surface area contributed by atoms with Crippen molar-refractivity contribution < 1.29 is 14.0 Å². The highest BCUT2D eigenvalue weighted by Gasteiger charge is 2.43. The van der Waals surface area contributed by atoms with Gasteiger partial charge in [-0.1, -0.05) is 60.7 Å². The summed E-state index contributed by atoms with van der Waals surface area (Å²) in [5.74, 6) is -1.06. The van der Waals surface area contributed by atoms with Crippen molar-refractivity contribution in [1.29, 1.82) is 0 Å². The van der Waals surface area contributed by atoms with E-state index < -0.39 is 11.9 Å². The van der Waals surface area contributed by atoms with E-state index in [-0.39, 0.29) is 17.9 Å². The molecule has 0 bridgehead atoms. The minimum Gasteiger partial charge on any atom is -0.350 e. The predicted molar refractivity (Wildman–Crippen MR) is 108 cm³/mol. The molecule has 146 valence electrons. The summed E-state index contributed by atoms with van der Waals surface area (Å²) >= 11 is 0. The lowest BCUT2D eigenvalue weighted by Crippen LogP contribution is -2.40. The van der Waals surface area contributed by atoms with E-state index >= 15 is 0 Å². The molecule has 4 nitrogen and oxygen atoms in total. The molecule has 2 amide bonds. The average Bonchev–Trinajstić information content (AvgIpc) is 3.04. The third-order valence-electron chi connectivity index (χ3n) is 5.31. The quantitative estimate of drug-likeness (QED) is 0.704. The molecule has 1 heterocycles. The topological polar surface area (TPSA) is 49.4 Å². The lowest BCUT2D eigenvalue weighted by molar-refractivity contribution is -0.126. The summed E-state index contributed by atoms with van der Waals surface area (Å²) in [5, 5.41) is 2.90. The molecule has 0 aromatic heterocycles. The summed E-state index contributed by atoms with van der Waals surface area (Å²) < 4.78 is 14.0. The Hall–Kier alpha value is -3.47. The molecule has 29 heavy (non-hydrogen) atoms. The molecule has 3 aromatic rings. The van der Waals surface area contributed by atoms with Crippen molar-refractivity contribution in [1.82, 2.24) is 10.2 Å². The fourth-order valence-corrected chi connectivity index (χ4v) is 3.80. The minimum atomic E-state index is -0.882. The smallest absolute Gasteiger partial charge is 0.255 e. The van der Waals surface area contributed by atoms with Crippen LogP contribution < -0.4 is 5.32 Å². The first-order valence-electron chi connectivity index (χ1n) is 9.55. The van der Waals surface area contributed by atoms with Crippen LogP contribution in [0.25, 0.3) is 0 Å². The number of halogens is 1. The summed E-state index contributed by atoms with van der Waals surface area (Å²) in [4.78, 5) is 27.8. The van der Waals surface area contributed by atoms with Gasteiger partial charge in [0.15, 0.2) is 0 Å². The monoisotopic (exact) mass is 388 g/mol. The Morgan fingerprint density at radius 2 is 1.69 bits per heavy atom. The fraction of sp³-hybridized carbons (Fsp3) is 0.167. The number of nitrogens with one attached hydrogen (secondary N) is 1. The second-order valence-corrected chi connectivity index (χ2v) is 7.14. The van der Waals surface area contributed by atoms with Crippen LogP contribution in [0.4, 0.5) is 4.39 Å². The van der Waals surface area contributed by atoms with E-state index in [1.165, 1.54) is 18.2 Å². The third-order valence-corrected chi connectivity index (χ3v) is 5.31. The number of hydrogen-bond acceptors (Lipinski definition) is 2. The predicted octanol–water partition coefficient (Wildman–Crippen LogP) is 4.40. The first kappa shape index (κ1) is 18.9. The summed E-state index contributed by atoms with van der Waals surface area (Å²) in [5.41, 5.74) is 2.64. The maximum absolute atomic E-state index is 14.0.